The first-order chi connectivity index (χ1) is 10.5. The maximum atomic E-state index is 12.4. The minimum atomic E-state index is -0.565. The van der Waals surface area contributed by atoms with E-state index in [9.17, 15) is 4.79 Å². The average molecular weight is 385 g/mol. The highest BCUT2D eigenvalue weighted by Gasteiger charge is 2.37. The van der Waals surface area contributed by atoms with Crippen LogP contribution in [-0.2, 0) is 14.3 Å². The maximum absolute atomic E-state index is 12.4. The average Bonchev–Trinajstić information content (AvgIpc) is 2.47. The molecule has 0 aliphatic carbocycles. The van der Waals surface area contributed by atoms with Crippen molar-refractivity contribution < 1.29 is 14.3 Å². The van der Waals surface area contributed by atoms with Crippen molar-refractivity contribution in [3.05, 3.63) is 46.6 Å². The molecule has 2 N–H and O–H groups in total. The molecule has 1 fully saturated rings. The van der Waals surface area contributed by atoms with Gasteiger partial charge in [-0.1, -0.05) is 34.6 Å². The van der Waals surface area contributed by atoms with E-state index < -0.39 is 5.92 Å². The van der Waals surface area contributed by atoms with Crippen molar-refractivity contribution in [1.29, 1.82) is 0 Å². The molecule has 0 radical (unpaired) electrons. The zero-order valence-electron chi connectivity index (χ0n) is 12.1. The third-order valence-electron chi connectivity index (χ3n) is 3.28. The summed E-state index contributed by atoms with van der Waals surface area (Å²) in [6, 6.07) is 7.37. The van der Waals surface area contributed by atoms with Gasteiger partial charge in [0.15, 0.2) is 5.11 Å². The lowest BCUT2D eigenvalue weighted by atomic mass is 9.89. The summed E-state index contributed by atoms with van der Waals surface area (Å²) in [5.74, 6) is -0.929. The van der Waals surface area contributed by atoms with Crippen LogP contribution >= 0.6 is 28.1 Å². The summed E-state index contributed by atoms with van der Waals surface area (Å²) >= 11 is 8.56. The van der Waals surface area contributed by atoms with E-state index in [0.717, 1.165) is 10.0 Å². The van der Waals surface area contributed by atoms with Gasteiger partial charge in [0, 0.05) is 17.3 Å². The van der Waals surface area contributed by atoms with E-state index in [-0.39, 0.29) is 18.6 Å². The fraction of sp³-hybridized carbons (Fsp3) is 0.333. The van der Waals surface area contributed by atoms with Gasteiger partial charge in [-0.2, -0.15) is 0 Å². The number of benzene rings is 1. The Morgan fingerprint density at radius 1 is 1.36 bits per heavy atom. The van der Waals surface area contributed by atoms with Gasteiger partial charge in [-0.25, -0.2) is 0 Å². The van der Waals surface area contributed by atoms with Crippen LogP contribution in [0.4, 0.5) is 0 Å². The van der Waals surface area contributed by atoms with E-state index in [1.54, 1.807) is 7.11 Å². The molecule has 1 aliphatic heterocycles. The lowest BCUT2D eigenvalue weighted by molar-refractivity contribution is -0.149. The van der Waals surface area contributed by atoms with Crippen LogP contribution in [0.1, 0.15) is 11.6 Å². The molecule has 0 saturated carbocycles. The highest BCUT2D eigenvalue weighted by atomic mass is 79.9. The SMILES string of the molecule is C=C1NC(=S)N[C@H](c2ccc(Br)cc2)[C@H]1C(=O)OCCOC. The summed E-state index contributed by atoms with van der Waals surface area (Å²) < 4.78 is 11.1. The van der Waals surface area contributed by atoms with Crippen molar-refractivity contribution in [1.82, 2.24) is 10.6 Å². The van der Waals surface area contributed by atoms with E-state index in [4.69, 9.17) is 21.7 Å². The molecule has 0 bridgehead atoms. The molecule has 5 nitrogen and oxygen atoms in total. The van der Waals surface area contributed by atoms with Crippen molar-refractivity contribution in [3.8, 4) is 0 Å². The zero-order valence-corrected chi connectivity index (χ0v) is 14.5. The smallest absolute Gasteiger partial charge is 0.317 e. The molecule has 118 valence electrons. The number of thiocarbonyl (C=S) groups is 1. The summed E-state index contributed by atoms with van der Waals surface area (Å²) in [5, 5.41) is 6.46. The number of esters is 1. The lowest BCUT2D eigenvalue weighted by Crippen LogP contribution is -2.51. The fourth-order valence-corrected chi connectivity index (χ4v) is 2.75. The van der Waals surface area contributed by atoms with Crippen LogP contribution < -0.4 is 10.6 Å². The molecule has 2 atom stereocenters. The van der Waals surface area contributed by atoms with E-state index in [2.05, 4.69) is 33.1 Å². The molecule has 1 aliphatic rings. The Balaban J connectivity index is 2.21. The lowest BCUT2D eigenvalue weighted by Gasteiger charge is -2.34. The minimum absolute atomic E-state index is 0.205. The second-order valence-corrected chi connectivity index (χ2v) is 6.11. The largest absolute Gasteiger partial charge is 0.463 e. The number of halogens is 1. The van der Waals surface area contributed by atoms with Gasteiger partial charge in [0.05, 0.1) is 12.6 Å². The second-order valence-electron chi connectivity index (χ2n) is 4.79. The zero-order chi connectivity index (χ0) is 16.1. The predicted molar refractivity (Wildman–Crippen MR) is 91.2 cm³/mol. The van der Waals surface area contributed by atoms with Crippen molar-refractivity contribution in [2.75, 3.05) is 20.3 Å². The third-order valence-corrected chi connectivity index (χ3v) is 4.03. The Hall–Kier alpha value is -1.44. The van der Waals surface area contributed by atoms with Crippen LogP contribution in [0, 0.1) is 5.92 Å². The number of rotatable bonds is 5. The molecule has 2 rings (SSSR count). The number of carbonyl (C=O) groups excluding carboxylic acids is 1. The number of ether oxygens (including phenoxy) is 2. The highest BCUT2D eigenvalue weighted by molar-refractivity contribution is 9.10. The summed E-state index contributed by atoms with van der Waals surface area (Å²) in [6.07, 6.45) is 0. The molecule has 1 saturated heterocycles. The number of hydrogen-bond acceptors (Lipinski definition) is 4. The van der Waals surface area contributed by atoms with Crippen LogP contribution in [0.2, 0.25) is 0 Å². The summed E-state index contributed by atoms with van der Waals surface area (Å²) in [6.45, 7) is 4.47. The van der Waals surface area contributed by atoms with Crippen molar-refractivity contribution in [2.45, 2.75) is 6.04 Å². The van der Waals surface area contributed by atoms with Crippen LogP contribution in [0.3, 0.4) is 0 Å². The first-order valence-corrected chi connectivity index (χ1v) is 7.90. The number of hydrogen-bond donors (Lipinski definition) is 2. The molecule has 0 unspecified atom stereocenters. The van der Waals surface area contributed by atoms with Gasteiger partial charge < -0.3 is 20.1 Å². The van der Waals surface area contributed by atoms with Gasteiger partial charge in [0.2, 0.25) is 0 Å². The molecule has 0 aromatic heterocycles. The molecule has 7 heteroatoms. The topological polar surface area (TPSA) is 59.6 Å². The van der Waals surface area contributed by atoms with E-state index >= 15 is 0 Å². The van der Waals surface area contributed by atoms with Crippen molar-refractivity contribution in [3.63, 3.8) is 0 Å². The van der Waals surface area contributed by atoms with Crippen molar-refractivity contribution in [2.24, 2.45) is 5.92 Å². The van der Waals surface area contributed by atoms with Gasteiger partial charge in [0.25, 0.3) is 0 Å². The van der Waals surface area contributed by atoms with E-state index in [1.807, 2.05) is 24.3 Å². The quantitative estimate of drug-likeness (QED) is 0.461. The monoisotopic (exact) mass is 384 g/mol. The van der Waals surface area contributed by atoms with E-state index in [1.165, 1.54) is 0 Å². The first-order valence-electron chi connectivity index (χ1n) is 6.70. The highest BCUT2D eigenvalue weighted by Crippen LogP contribution is 2.31. The predicted octanol–water partition coefficient (Wildman–Crippen LogP) is 2.29. The molecule has 1 heterocycles. The molecule has 22 heavy (non-hydrogen) atoms. The summed E-state index contributed by atoms with van der Waals surface area (Å²) in [5.41, 5.74) is 1.46. The molecule has 0 amide bonds. The number of carbonyl (C=O) groups is 1. The first kappa shape index (κ1) is 16.9. The van der Waals surface area contributed by atoms with Crippen LogP contribution in [0.25, 0.3) is 0 Å². The van der Waals surface area contributed by atoms with Crippen LogP contribution in [0.5, 0.6) is 0 Å². The Kier molecular flexibility index (Phi) is 5.93. The standard InChI is InChI=1S/C15H17BrN2O3S/c1-9-12(14(19)21-8-7-20-2)13(18-15(22)17-9)10-3-5-11(16)6-4-10/h3-6,12-13H,1,7-8H2,2H3,(H2,17,18,22)/t12-,13+/m0/s1. The Labute approximate surface area is 143 Å². The molecule has 0 spiro atoms. The number of nitrogens with one attached hydrogen (secondary N) is 2. The van der Waals surface area contributed by atoms with Gasteiger partial charge in [0.1, 0.15) is 12.5 Å². The third kappa shape index (κ3) is 4.06. The Morgan fingerprint density at radius 3 is 2.68 bits per heavy atom. The van der Waals surface area contributed by atoms with Gasteiger partial charge in [-0.3, -0.25) is 4.79 Å². The van der Waals surface area contributed by atoms with Gasteiger partial charge in [-0.15, -0.1) is 0 Å². The molecular weight excluding hydrogens is 368 g/mol. The van der Waals surface area contributed by atoms with Crippen LogP contribution in [-0.4, -0.2) is 31.4 Å². The summed E-state index contributed by atoms with van der Waals surface area (Å²) in [7, 11) is 1.56. The Bertz CT molecular complexity index is 577. The fourth-order valence-electron chi connectivity index (χ4n) is 2.23. The summed E-state index contributed by atoms with van der Waals surface area (Å²) in [4.78, 5) is 12.4. The maximum Gasteiger partial charge on any atom is 0.317 e. The molecular formula is C15H17BrN2O3S. The van der Waals surface area contributed by atoms with Crippen molar-refractivity contribution >= 4 is 39.2 Å². The van der Waals surface area contributed by atoms with E-state index in [0.29, 0.717) is 17.4 Å². The molecule has 1 aromatic rings. The Morgan fingerprint density at radius 2 is 2.05 bits per heavy atom. The normalized spacial score (nSPS) is 21.0. The second kappa shape index (κ2) is 7.71. The minimum Gasteiger partial charge on any atom is -0.463 e. The van der Waals surface area contributed by atoms with Gasteiger partial charge in [-0.05, 0) is 29.9 Å². The molecule has 1 aromatic carbocycles. The number of methoxy groups -OCH3 is 1. The van der Waals surface area contributed by atoms with Crippen LogP contribution in [0.15, 0.2) is 41.0 Å². The van der Waals surface area contributed by atoms with Gasteiger partial charge >= 0.3 is 5.97 Å².